The molecule has 1 aliphatic carbocycles. The molecular weight excluding hydrogens is 787 g/mol. The number of phosphoric acid groups is 1. The number of likely N-dealkylation sites (N-methyl/N-ethyl adjacent to an activating group) is 1. The molecule has 1 saturated carbocycles. The summed E-state index contributed by atoms with van der Waals surface area (Å²) >= 11 is 3.84. The van der Waals surface area contributed by atoms with Crippen molar-refractivity contribution in [1.82, 2.24) is 14.9 Å². The SMILES string of the molecule is C=CNc1c(N)ncnc1C1O[C@H](COP(=O)(S)OP(=O)(O)OC2OC3(OC(C)=O)C2C(O)C(OC(C)=O)C3[C@@H](F)COC(C)=O)[C@@H](N(C)C)[C@@]1(C)OC. The first kappa shape index (κ1) is 43.9. The van der Waals surface area contributed by atoms with Crippen LogP contribution in [0.2, 0.25) is 0 Å². The standard InChI is InChI=1S/C29H44FN5O16P2S/c1-9-32-21-20(33-12-34-26(21)31)25-28(5,43-8)24(35(6)7)17(47-25)11-45-53(42,54)51-52(40,41)50-27-19-22(39)23(46-14(3)37)18(16(30)10-44-13(2)36)29(19,49-27)48-15(4)38/h9,12,16-19,22-25,27,32,39H,1,10-11H2,2-8H3,(H,40,41)(H,42,54)(H2,31,33,34)/t16-,17+,18?,19?,22?,23?,24+,25?,27?,28+,29?,53?/m0/s1. The van der Waals surface area contributed by atoms with E-state index in [2.05, 4.69) is 34.1 Å². The molecule has 3 aliphatic rings. The van der Waals surface area contributed by atoms with Gasteiger partial charge in [0.1, 0.15) is 66.4 Å². The number of fused-ring (bicyclic) bond motifs is 1. The third kappa shape index (κ3) is 8.92. The van der Waals surface area contributed by atoms with E-state index in [0.717, 1.165) is 20.8 Å². The number of carbonyl (C=O) groups excluding carboxylic acids is 3. The minimum Gasteiger partial charge on any atom is -0.463 e. The number of aliphatic hydroxyl groups excluding tert-OH is 1. The van der Waals surface area contributed by atoms with Crippen LogP contribution >= 0.6 is 26.9 Å². The predicted molar refractivity (Wildman–Crippen MR) is 185 cm³/mol. The van der Waals surface area contributed by atoms with Gasteiger partial charge in [0.15, 0.2) is 12.1 Å². The van der Waals surface area contributed by atoms with Crippen molar-refractivity contribution in [3.05, 3.63) is 24.8 Å². The van der Waals surface area contributed by atoms with Crippen LogP contribution in [0.25, 0.3) is 0 Å². The minimum absolute atomic E-state index is 0.0876. The number of rotatable bonds is 17. The first-order valence-corrected chi connectivity index (χ1v) is 20.3. The zero-order chi connectivity index (χ0) is 40.6. The summed E-state index contributed by atoms with van der Waals surface area (Å²) in [6, 6.07) is -0.647. The highest BCUT2D eigenvalue weighted by Gasteiger charge is 2.78. The lowest BCUT2D eigenvalue weighted by molar-refractivity contribution is -0.425. The fourth-order valence-corrected chi connectivity index (χ4v) is 10.3. The molecule has 21 nitrogen and oxygen atoms in total. The highest BCUT2D eigenvalue weighted by Crippen LogP contribution is 2.69. The van der Waals surface area contributed by atoms with Crippen molar-refractivity contribution in [2.45, 2.75) is 82.0 Å². The second kappa shape index (κ2) is 16.7. The lowest BCUT2D eigenvalue weighted by Gasteiger charge is -2.51. The molecule has 0 spiro atoms. The maximum absolute atomic E-state index is 15.6. The third-order valence-corrected chi connectivity index (χ3v) is 12.6. The molecule has 1 aromatic heterocycles. The number of nitrogens with two attached hydrogens (primary N) is 1. The molecule has 2 saturated heterocycles. The van der Waals surface area contributed by atoms with Crippen molar-refractivity contribution in [3.63, 3.8) is 0 Å². The number of esters is 3. The third-order valence-electron chi connectivity index (χ3n) is 9.04. The number of nitrogen functional groups attached to an aromatic ring is 1. The molecule has 0 amide bonds. The largest absolute Gasteiger partial charge is 0.482 e. The average Bonchev–Trinajstić information content (AvgIpc) is 3.42. The van der Waals surface area contributed by atoms with E-state index in [4.69, 9.17) is 47.5 Å². The molecule has 54 heavy (non-hydrogen) atoms. The van der Waals surface area contributed by atoms with Gasteiger partial charge in [0, 0.05) is 27.9 Å². The number of aromatic nitrogens is 2. The number of alkyl halides is 1. The Morgan fingerprint density at radius 2 is 1.89 bits per heavy atom. The van der Waals surface area contributed by atoms with Crippen molar-refractivity contribution in [2.75, 3.05) is 45.5 Å². The summed E-state index contributed by atoms with van der Waals surface area (Å²) in [4.78, 5) is 56.1. The van der Waals surface area contributed by atoms with Crippen molar-refractivity contribution >= 4 is 56.3 Å². The number of phosphoric ester groups is 1. The molecule has 304 valence electrons. The summed E-state index contributed by atoms with van der Waals surface area (Å²) in [5.74, 6) is -8.78. The first-order chi connectivity index (χ1) is 25.0. The van der Waals surface area contributed by atoms with Crippen LogP contribution in [0.4, 0.5) is 15.9 Å². The van der Waals surface area contributed by atoms with E-state index in [1.807, 2.05) is 0 Å². The Bertz CT molecular complexity index is 1700. The Kier molecular flexibility index (Phi) is 13.6. The summed E-state index contributed by atoms with van der Waals surface area (Å²) in [7, 11) is -0.660. The molecule has 0 bridgehead atoms. The van der Waals surface area contributed by atoms with Gasteiger partial charge >= 0.3 is 32.5 Å². The second-order valence-electron chi connectivity index (χ2n) is 12.9. The van der Waals surface area contributed by atoms with Gasteiger partial charge < -0.3 is 54.4 Å². The topological polar surface area (TPSA) is 276 Å². The molecule has 0 aromatic carbocycles. The van der Waals surface area contributed by atoms with Crippen LogP contribution in [0.15, 0.2) is 19.1 Å². The summed E-state index contributed by atoms with van der Waals surface area (Å²) in [5.41, 5.74) is 5.50. The number of hydrogen-bond acceptors (Lipinski definition) is 20. The number of carbonyl (C=O) groups is 3. The molecule has 25 heteroatoms. The molecular formula is C29H44FN5O16P2S. The summed E-state index contributed by atoms with van der Waals surface area (Å²) in [5, 5.41) is 14.0. The lowest BCUT2D eigenvalue weighted by Crippen LogP contribution is -2.66. The Morgan fingerprint density at radius 3 is 2.44 bits per heavy atom. The molecule has 2 aliphatic heterocycles. The van der Waals surface area contributed by atoms with Gasteiger partial charge in [0.05, 0.1) is 18.6 Å². The van der Waals surface area contributed by atoms with E-state index in [1.54, 1.807) is 25.9 Å². The molecule has 3 heterocycles. The van der Waals surface area contributed by atoms with Crippen LogP contribution < -0.4 is 11.1 Å². The zero-order valence-electron chi connectivity index (χ0n) is 30.2. The maximum Gasteiger partial charge on any atom is 0.482 e. The summed E-state index contributed by atoms with van der Waals surface area (Å²) in [6.07, 6.45) is -7.32. The highest BCUT2D eigenvalue weighted by molar-refractivity contribution is 8.45. The maximum atomic E-state index is 15.6. The van der Waals surface area contributed by atoms with Crippen LogP contribution in [-0.2, 0) is 65.3 Å². The number of halogens is 1. The highest BCUT2D eigenvalue weighted by atomic mass is 32.7. The van der Waals surface area contributed by atoms with E-state index < -0.39 is 112 Å². The van der Waals surface area contributed by atoms with Gasteiger partial charge in [-0.05, 0) is 27.2 Å². The van der Waals surface area contributed by atoms with Crippen LogP contribution in [0.1, 0.15) is 39.5 Å². The van der Waals surface area contributed by atoms with Gasteiger partial charge in [0.25, 0.3) is 0 Å². The number of hydrogen-bond donors (Lipinski definition) is 5. The summed E-state index contributed by atoms with van der Waals surface area (Å²) < 4.78 is 90.3. The van der Waals surface area contributed by atoms with E-state index in [-0.39, 0.29) is 5.82 Å². The zero-order valence-corrected chi connectivity index (χ0v) is 32.9. The van der Waals surface area contributed by atoms with Crippen molar-refractivity contribution in [1.29, 1.82) is 0 Å². The number of thiol groups is 1. The van der Waals surface area contributed by atoms with Gasteiger partial charge in [-0.3, -0.25) is 23.4 Å². The van der Waals surface area contributed by atoms with E-state index in [1.165, 1.54) is 19.6 Å². The Balaban J connectivity index is 1.53. The molecule has 0 radical (unpaired) electrons. The Labute approximate surface area is 314 Å². The monoisotopic (exact) mass is 831 g/mol. The number of methoxy groups -OCH3 is 1. The van der Waals surface area contributed by atoms with Crippen molar-refractivity contribution < 1.29 is 79.7 Å². The molecule has 4 rings (SSSR count). The molecule has 13 atom stereocenters. The van der Waals surface area contributed by atoms with E-state index in [9.17, 15) is 33.5 Å². The fraction of sp³-hybridized carbons (Fsp3) is 0.690. The molecule has 9 unspecified atom stereocenters. The quantitative estimate of drug-likeness (QED) is 0.0646. The lowest BCUT2D eigenvalue weighted by atomic mass is 9.86. The Hall–Kier alpha value is -2.79. The van der Waals surface area contributed by atoms with Gasteiger partial charge in [-0.15, -0.1) is 0 Å². The Morgan fingerprint density at radius 1 is 1.22 bits per heavy atom. The van der Waals surface area contributed by atoms with Gasteiger partial charge in [-0.25, -0.2) is 23.5 Å². The summed E-state index contributed by atoms with van der Waals surface area (Å²) in [6.45, 7) is 1.93. The van der Waals surface area contributed by atoms with E-state index >= 15 is 4.39 Å². The average molecular weight is 832 g/mol. The smallest absolute Gasteiger partial charge is 0.463 e. The molecule has 1 aromatic rings. The number of nitrogens with one attached hydrogen (secondary N) is 1. The van der Waals surface area contributed by atoms with E-state index in [0.29, 0.717) is 11.4 Å². The van der Waals surface area contributed by atoms with Crippen LogP contribution in [0, 0.1) is 11.8 Å². The molecule has 3 fully saturated rings. The number of anilines is 2. The van der Waals surface area contributed by atoms with Crippen LogP contribution in [0.3, 0.4) is 0 Å². The van der Waals surface area contributed by atoms with Gasteiger partial charge in [-0.2, -0.15) is 4.31 Å². The number of aliphatic hydroxyl groups is 1. The van der Waals surface area contributed by atoms with Crippen molar-refractivity contribution in [3.8, 4) is 0 Å². The minimum atomic E-state index is -5.53. The molecule has 5 N–H and O–H groups in total. The number of ether oxygens (including phenoxy) is 6. The van der Waals surface area contributed by atoms with Crippen molar-refractivity contribution in [2.24, 2.45) is 11.8 Å². The number of nitrogens with zero attached hydrogens (tertiary/aromatic N) is 3. The normalized spacial score (nSPS) is 34.4. The fourth-order valence-electron chi connectivity index (χ4n) is 7.14. The van der Waals surface area contributed by atoms with Gasteiger partial charge in [-0.1, -0.05) is 18.8 Å². The van der Waals surface area contributed by atoms with Gasteiger partial charge in [0.2, 0.25) is 5.79 Å². The van der Waals surface area contributed by atoms with Crippen LogP contribution in [0.5, 0.6) is 0 Å². The van der Waals surface area contributed by atoms with Crippen LogP contribution in [-0.4, -0.2) is 125 Å². The predicted octanol–water partition coefficient (Wildman–Crippen LogP) is 1.63. The first-order valence-electron chi connectivity index (χ1n) is 16.1. The second-order valence-corrected chi connectivity index (χ2v) is 17.3.